The van der Waals surface area contributed by atoms with Crippen LogP contribution in [0.4, 0.5) is 0 Å². The summed E-state index contributed by atoms with van der Waals surface area (Å²) in [7, 11) is 0. The van der Waals surface area contributed by atoms with E-state index < -0.39 is 0 Å². The Morgan fingerprint density at radius 1 is 1.06 bits per heavy atom. The van der Waals surface area contributed by atoms with Crippen molar-refractivity contribution in [2.75, 3.05) is 0 Å². The summed E-state index contributed by atoms with van der Waals surface area (Å²) in [6.07, 6.45) is 2.32. The van der Waals surface area contributed by atoms with Crippen LogP contribution in [0.3, 0.4) is 0 Å². The summed E-state index contributed by atoms with van der Waals surface area (Å²) in [5.74, 6) is 1.88. The third kappa shape index (κ3) is 4.73. The van der Waals surface area contributed by atoms with Gasteiger partial charge in [-0.15, -0.1) is 20.4 Å². The Morgan fingerprint density at radius 3 is 2.59 bits per heavy atom. The molecule has 0 saturated heterocycles. The number of hydrogen-bond donors (Lipinski definition) is 1. The summed E-state index contributed by atoms with van der Waals surface area (Å²) in [6, 6.07) is 18.3. The molecule has 2 heterocycles. The van der Waals surface area contributed by atoms with Gasteiger partial charge in [0.15, 0.2) is 5.16 Å². The van der Waals surface area contributed by atoms with Crippen LogP contribution in [0, 0.1) is 6.92 Å². The summed E-state index contributed by atoms with van der Waals surface area (Å²) < 4.78 is 2.14. The van der Waals surface area contributed by atoms with Crippen LogP contribution < -0.4 is 5.32 Å². The fraction of sp³-hybridized carbons (Fsp3) is 0.261. The standard InChI is InChI=1S/C23H22N6OS2/c1-15-7-9-16(10-8-15)13-24-21(30)22-27-25-19(32-22)14-31-23-28-26-20(17-11-12-17)29(23)18-5-3-2-4-6-18/h2-10,17H,11-14H2,1H3,(H,24,30). The fourth-order valence-corrected chi connectivity index (χ4v) is 4.99. The predicted molar refractivity (Wildman–Crippen MR) is 125 cm³/mol. The van der Waals surface area contributed by atoms with Crippen molar-refractivity contribution in [3.63, 3.8) is 0 Å². The molecule has 162 valence electrons. The second-order valence-corrected chi connectivity index (χ2v) is 9.75. The number of nitrogens with one attached hydrogen (secondary N) is 1. The zero-order valence-electron chi connectivity index (χ0n) is 17.6. The number of carbonyl (C=O) groups is 1. The van der Waals surface area contributed by atoms with Gasteiger partial charge in [-0.25, -0.2) is 0 Å². The van der Waals surface area contributed by atoms with Gasteiger partial charge in [0, 0.05) is 18.2 Å². The Bertz CT molecular complexity index is 1220. The van der Waals surface area contributed by atoms with E-state index in [0.29, 0.717) is 23.2 Å². The van der Waals surface area contributed by atoms with E-state index in [1.54, 1.807) is 11.8 Å². The first-order valence-electron chi connectivity index (χ1n) is 10.5. The van der Waals surface area contributed by atoms with Gasteiger partial charge in [-0.1, -0.05) is 71.1 Å². The number of para-hydroxylation sites is 1. The molecule has 2 aromatic carbocycles. The van der Waals surface area contributed by atoms with Gasteiger partial charge in [-0.05, 0) is 37.5 Å². The minimum atomic E-state index is -0.206. The average Bonchev–Trinajstić information content (AvgIpc) is 3.40. The number of hydrogen-bond acceptors (Lipinski definition) is 7. The van der Waals surface area contributed by atoms with E-state index >= 15 is 0 Å². The molecule has 1 aliphatic rings. The lowest BCUT2D eigenvalue weighted by molar-refractivity contribution is 0.0950. The predicted octanol–water partition coefficient (Wildman–Crippen LogP) is 4.53. The van der Waals surface area contributed by atoms with Crippen LogP contribution >= 0.6 is 23.1 Å². The van der Waals surface area contributed by atoms with E-state index in [1.807, 2.05) is 49.4 Å². The highest BCUT2D eigenvalue weighted by Crippen LogP contribution is 2.41. The van der Waals surface area contributed by atoms with Gasteiger partial charge in [0.05, 0.1) is 5.75 Å². The van der Waals surface area contributed by atoms with Gasteiger partial charge in [-0.3, -0.25) is 9.36 Å². The number of carbonyl (C=O) groups excluding carboxylic acids is 1. The fourth-order valence-electron chi connectivity index (χ4n) is 3.29. The molecule has 0 radical (unpaired) electrons. The molecule has 5 rings (SSSR count). The second-order valence-electron chi connectivity index (χ2n) is 7.74. The first-order chi connectivity index (χ1) is 15.7. The Hall–Kier alpha value is -3.04. The largest absolute Gasteiger partial charge is 0.346 e. The number of benzene rings is 2. The topological polar surface area (TPSA) is 85.6 Å². The van der Waals surface area contributed by atoms with Crippen LogP contribution in [0.1, 0.15) is 50.5 Å². The zero-order chi connectivity index (χ0) is 21.9. The van der Waals surface area contributed by atoms with Gasteiger partial charge in [0.25, 0.3) is 5.91 Å². The van der Waals surface area contributed by atoms with E-state index in [4.69, 9.17) is 0 Å². The van der Waals surface area contributed by atoms with E-state index in [1.165, 1.54) is 16.9 Å². The molecule has 9 heteroatoms. The van der Waals surface area contributed by atoms with Crippen molar-refractivity contribution in [3.05, 3.63) is 81.6 Å². The molecule has 32 heavy (non-hydrogen) atoms. The number of rotatable bonds is 8. The molecule has 0 aliphatic heterocycles. The van der Waals surface area contributed by atoms with Gasteiger partial charge >= 0.3 is 0 Å². The zero-order valence-corrected chi connectivity index (χ0v) is 19.2. The molecule has 1 amide bonds. The minimum absolute atomic E-state index is 0.206. The lowest BCUT2D eigenvalue weighted by atomic mass is 10.1. The number of aromatic nitrogens is 5. The monoisotopic (exact) mass is 462 g/mol. The highest BCUT2D eigenvalue weighted by molar-refractivity contribution is 7.98. The highest BCUT2D eigenvalue weighted by atomic mass is 32.2. The number of amides is 1. The lowest BCUT2D eigenvalue weighted by Gasteiger charge is -2.09. The number of aryl methyl sites for hydroxylation is 1. The van der Waals surface area contributed by atoms with Crippen LogP contribution in [0.2, 0.25) is 0 Å². The molecule has 0 bridgehead atoms. The third-order valence-corrected chi connectivity index (χ3v) is 7.22. The highest BCUT2D eigenvalue weighted by Gasteiger charge is 2.31. The smallest absolute Gasteiger partial charge is 0.282 e. The van der Waals surface area contributed by atoms with Gasteiger partial charge in [0.1, 0.15) is 10.8 Å². The molecule has 4 aromatic rings. The van der Waals surface area contributed by atoms with Crippen molar-refractivity contribution in [2.24, 2.45) is 0 Å². The molecule has 0 unspecified atom stereocenters. The van der Waals surface area contributed by atoms with Crippen molar-refractivity contribution in [3.8, 4) is 5.69 Å². The number of thioether (sulfide) groups is 1. The first-order valence-corrected chi connectivity index (χ1v) is 12.3. The van der Waals surface area contributed by atoms with Crippen LogP contribution in [0.25, 0.3) is 5.69 Å². The quantitative estimate of drug-likeness (QED) is 0.387. The molecule has 0 atom stereocenters. The molecular weight excluding hydrogens is 440 g/mol. The van der Waals surface area contributed by atoms with Gasteiger partial charge < -0.3 is 5.32 Å². The minimum Gasteiger partial charge on any atom is -0.346 e. The molecule has 2 aromatic heterocycles. The van der Waals surface area contributed by atoms with Crippen LogP contribution in [0.5, 0.6) is 0 Å². The van der Waals surface area contributed by atoms with Crippen molar-refractivity contribution in [1.82, 2.24) is 30.3 Å². The maximum Gasteiger partial charge on any atom is 0.282 e. The van der Waals surface area contributed by atoms with Crippen LogP contribution in [-0.2, 0) is 12.3 Å². The molecule has 7 nitrogen and oxygen atoms in total. The average molecular weight is 463 g/mol. The van der Waals surface area contributed by atoms with Gasteiger partial charge in [-0.2, -0.15) is 0 Å². The van der Waals surface area contributed by atoms with Crippen molar-refractivity contribution < 1.29 is 4.79 Å². The van der Waals surface area contributed by atoms with E-state index in [-0.39, 0.29) is 5.91 Å². The molecule has 0 spiro atoms. The maximum atomic E-state index is 12.5. The normalized spacial score (nSPS) is 13.3. The Morgan fingerprint density at radius 2 is 1.84 bits per heavy atom. The summed E-state index contributed by atoms with van der Waals surface area (Å²) in [4.78, 5) is 12.5. The van der Waals surface area contributed by atoms with Crippen LogP contribution in [-0.4, -0.2) is 30.9 Å². The Balaban J connectivity index is 1.24. The molecule has 1 aliphatic carbocycles. The van der Waals surface area contributed by atoms with Crippen molar-refractivity contribution in [2.45, 2.75) is 43.1 Å². The molecule has 1 saturated carbocycles. The Labute approximate surface area is 194 Å². The SMILES string of the molecule is Cc1ccc(CNC(=O)c2nnc(CSc3nnc(C4CC4)n3-c3ccccc3)s2)cc1. The Kier molecular flexibility index (Phi) is 6.00. The van der Waals surface area contributed by atoms with Crippen LogP contribution in [0.15, 0.2) is 59.8 Å². The lowest BCUT2D eigenvalue weighted by Crippen LogP contribution is -2.22. The van der Waals surface area contributed by atoms with Crippen molar-refractivity contribution >= 4 is 29.0 Å². The molecule has 1 N–H and O–H groups in total. The second kappa shape index (κ2) is 9.22. The summed E-state index contributed by atoms with van der Waals surface area (Å²) in [5.41, 5.74) is 3.31. The summed E-state index contributed by atoms with van der Waals surface area (Å²) in [5, 5.41) is 22.1. The molecule has 1 fully saturated rings. The summed E-state index contributed by atoms with van der Waals surface area (Å²) >= 11 is 2.88. The maximum absolute atomic E-state index is 12.5. The van der Waals surface area contributed by atoms with Gasteiger partial charge in [0.2, 0.25) is 5.01 Å². The van der Waals surface area contributed by atoms with E-state index in [0.717, 1.165) is 40.1 Å². The van der Waals surface area contributed by atoms with Crippen molar-refractivity contribution in [1.29, 1.82) is 0 Å². The first kappa shape index (κ1) is 20.8. The number of nitrogens with zero attached hydrogens (tertiary/aromatic N) is 5. The summed E-state index contributed by atoms with van der Waals surface area (Å²) in [6.45, 7) is 2.51. The molecular formula is C23H22N6OS2. The third-order valence-electron chi connectivity index (χ3n) is 5.17. The van der Waals surface area contributed by atoms with E-state index in [2.05, 4.69) is 42.4 Å². The van der Waals surface area contributed by atoms with E-state index in [9.17, 15) is 4.79 Å².